The van der Waals surface area contributed by atoms with E-state index in [1.165, 1.54) is 18.6 Å². The molecule has 2 heterocycles. The molecule has 0 unspecified atom stereocenters. The molecule has 0 bridgehead atoms. The Labute approximate surface area is 143 Å². The number of nitriles is 1. The van der Waals surface area contributed by atoms with Crippen LogP contribution in [0.15, 0.2) is 18.6 Å². The van der Waals surface area contributed by atoms with E-state index in [-0.39, 0.29) is 18.7 Å². The van der Waals surface area contributed by atoms with Crippen molar-refractivity contribution in [1.29, 1.82) is 5.26 Å². The Morgan fingerprint density at radius 1 is 1.52 bits per heavy atom. The summed E-state index contributed by atoms with van der Waals surface area (Å²) < 4.78 is 26.7. The van der Waals surface area contributed by atoms with Gasteiger partial charge in [-0.1, -0.05) is 0 Å². The van der Waals surface area contributed by atoms with Gasteiger partial charge in [-0.25, -0.2) is 13.8 Å². The maximum absolute atomic E-state index is 13.4. The van der Waals surface area contributed by atoms with Gasteiger partial charge in [-0.05, 0) is 12.8 Å². The van der Waals surface area contributed by atoms with Crippen molar-refractivity contribution in [3.63, 3.8) is 0 Å². The first-order valence-electron chi connectivity index (χ1n) is 7.72. The third-order valence-electron chi connectivity index (χ3n) is 3.79. The average Bonchev–Trinajstić information content (AvgIpc) is 2.93. The molecule has 2 rings (SSSR count). The predicted octanol–water partition coefficient (Wildman–Crippen LogP) is 0.0737. The summed E-state index contributed by atoms with van der Waals surface area (Å²) in [6.45, 7) is -0.546. The average molecular weight is 352 g/mol. The molecule has 10 heteroatoms. The molecule has 134 valence electrons. The number of hydrogen-bond donors (Lipinski definition) is 2. The number of nitrogens with one attached hydrogen (secondary N) is 1. The van der Waals surface area contributed by atoms with Crippen molar-refractivity contribution in [2.24, 2.45) is 5.73 Å². The van der Waals surface area contributed by atoms with Crippen LogP contribution in [0.4, 0.5) is 8.78 Å². The van der Waals surface area contributed by atoms with Crippen molar-refractivity contribution < 1.29 is 18.4 Å². The molecule has 1 aliphatic rings. The molecule has 0 aliphatic carbocycles. The number of halogens is 2. The fraction of sp³-hybridized carbons (Fsp3) is 0.533. The van der Waals surface area contributed by atoms with Crippen LogP contribution in [-0.4, -0.2) is 57.8 Å². The second-order valence-electron chi connectivity index (χ2n) is 5.77. The molecular weight excluding hydrogens is 334 g/mol. The lowest BCUT2D eigenvalue weighted by molar-refractivity contribution is -0.134. The lowest BCUT2D eigenvalue weighted by Crippen LogP contribution is -2.46. The highest BCUT2D eigenvalue weighted by molar-refractivity contribution is 5.91. The lowest BCUT2D eigenvalue weighted by Gasteiger charge is -2.23. The van der Waals surface area contributed by atoms with Gasteiger partial charge in [-0.3, -0.25) is 14.6 Å². The zero-order chi connectivity index (χ0) is 18.4. The Hall–Kier alpha value is -2.67. The minimum Gasteiger partial charge on any atom is -0.351 e. The van der Waals surface area contributed by atoms with Crippen molar-refractivity contribution in [2.75, 3.05) is 13.1 Å². The maximum Gasteiger partial charge on any atom is 0.271 e. The van der Waals surface area contributed by atoms with E-state index in [0.29, 0.717) is 6.42 Å². The van der Waals surface area contributed by atoms with Crippen LogP contribution >= 0.6 is 0 Å². The van der Waals surface area contributed by atoms with Crippen LogP contribution in [0.2, 0.25) is 0 Å². The number of hydrogen-bond acceptors (Lipinski definition) is 6. The van der Waals surface area contributed by atoms with Crippen LogP contribution in [0, 0.1) is 11.3 Å². The van der Waals surface area contributed by atoms with Gasteiger partial charge >= 0.3 is 0 Å². The first kappa shape index (κ1) is 18.7. The van der Waals surface area contributed by atoms with Gasteiger partial charge in [0.1, 0.15) is 11.7 Å². The van der Waals surface area contributed by atoms with E-state index >= 15 is 0 Å². The molecule has 2 amide bonds. The fourth-order valence-corrected chi connectivity index (χ4v) is 2.53. The minimum atomic E-state index is -3.07. The van der Waals surface area contributed by atoms with Gasteiger partial charge in [-0.2, -0.15) is 5.26 Å². The second kappa shape index (κ2) is 7.94. The van der Waals surface area contributed by atoms with Crippen LogP contribution < -0.4 is 11.1 Å². The Balaban J connectivity index is 1.76. The summed E-state index contributed by atoms with van der Waals surface area (Å²) >= 11 is 0. The van der Waals surface area contributed by atoms with Gasteiger partial charge in [-0.15, -0.1) is 0 Å². The third-order valence-corrected chi connectivity index (χ3v) is 3.79. The molecular formula is C15H18F2N6O2. The first-order chi connectivity index (χ1) is 11.8. The largest absolute Gasteiger partial charge is 0.351 e. The second-order valence-corrected chi connectivity index (χ2v) is 5.77. The van der Waals surface area contributed by atoms with Crippen molar-refractivity contribution in [3.05, 3.63) is 24.3 Å². The molecule has 8 nitrogen and oxygen atoms in total. The summed E-state index contributed by atoms with van der Waals surface area (Å²) in [6, 6.07) is -0.458. The Morgan fingerprint density at radius 2 is 2.28 bits per heavy atom. The van der Waals surface area contributed by atoms with Gasteiger partial charge < -0.3 is 16.0 Å². The summed E-state index contributed by atoms with van der Waals surface area (Å²) in [5.74, 6) is -4.15. The van der Waals surface area contributed by atoms with E-state index in [1.54, 1.807) is 6.07 Å². The highest BCUT2D eigenvalue weighted by Gasteiger charge is 2.47. The number of nitrogens with zero attached hydrogens (tertiary/aromatic N) is 4. The van der Waals surface area contributed by atoms with Crippen molar-refractivity contribution in [3.8, 4) is 6.07 Å². The molecule has 2 atom stereocenters. The molecule has 25 heavy (non-hydrogen) atoms. The van der Waals surface area contributed by atoms with Crippen LogP contribution in [0.5, 0.6) is 0 Å². The number of carbonyl (C=O) groups excluding carboxylic acids is 2. The predicted molar refractivity (Wildman–Crippen MR) is 82.3 cm³/mol. The molecule has 1 aliphatic heterocycles. The number of amides is 2. The van der Waals surface area contributed by atoms with Gasteiger partial charge in [0, 0.05) is 25.4 Å². The highest BCUT2D eigenvalue weighted by Crippen LogP contribution is 2.32. The number of likely N-dealkylation sites (tertiary alicyclic amines) is 1. The van der Waals surface area contributed by atoms with Gasteiger partial charge in [0.05, 0.1) is 24.9 Å². The van der Waals surface area contributed by atoms with E-state index in [9.17, 15) is 18.4 Å². The molecule has 1 fully saturated rings. The summed E-state index contributed by atoms with van der Waals surface area (Å²) in [6.07, 6.45) is 4.05. The van der Waals surface area contributed by atoms with E-state index in [2.05, 4.69) is 15.3 Å². The summed E-state index contributed by atoms with van der Waals surface area (Å²) in [5, 5.41) is 11.5. The number of nitrogens with two attached hydrogens (primary N) is 1. The summed E-state index contributed by atoms with van der Waals surface area (Å²) in [5.41, 5.74) is 5.92. The van der Waals surface area contributed by atoms with Gasteiger partial charge in [0.25, 0.3) is 11.8 Å². The standard InChI is InChI=1S/C15H18F2N6O2/c16-15(17)6-10(7-18)23(9-15)14(25)11(19)2-1-3-22-13(24)12-8-20-4-5-21-12/h4-5,8,10-11H,1-3,6,9,19H2,(H,22,24)/t10-,11-/m0/s1. The third kappa shape index (κ3) is 4.90. The molecule has 1 aromatic heterocycles. The van der Waals surface area contributed by atoms with Crippen LogP contribution in [0.3, 0.4) is 0 Å². The van der Waals surface area contributed by atoms with Crippen LogP contribution in [-0.2, 0) is 4.79 Å². The van der Waals surface area contributed by atoms with Crippen molar-refractivity contribution in [1.82, 2.24) is 20.2 Å². The summed E-state index contributed by atoms with van der Waals surface area (Å²) in [4.78, 5) is 32.4. The number of rotatable bonds is 6. The molecule has 1 aromatic rings. The van der Waals surface area contributed by atoms with Gasteiger partial charge in [0.2, 0.25) is 5.91 Å². The monoisotopic (exact) mass is 352 g/mol. The van der Waals surface area contributed by atoms with Crippen LogP contribution in [0.1, 0.15) is 29.8 Å². The van der Waals surface area contributed by atoms with Crippen LogP contribution in [0.25, 0.3) is 0 Å². The normalized spacial score (nSPS) is 19.9. The fourth-order valence-electron chi connectivity index (χ4n) is 2.53. The SMILES string of the molecule is N#C[C@@H]1CC(F)(F)CN1C(=O)[C@@H](N)CCCNC(=O)c1cnccn1. The van der Waals surface area contributed by atoms with Crippen molar-refractivity contribution in [2.45, 2.75) is 37.3 Å². The number of carbonyl (C=O) groups is 2. The Morgan fingerprint density at radius 3 is 2.92 bits per heavy atom. The van der Waals surface area contributed by atoms with Crippen molar-refractivity contribution >= 4 is 11.8 Å². The molecule has 1 saturated heterocycles. The number of alkyl halides is 2. The quantitative estimate of drug-likeness (QED) is 0.698. The minimum absolute atomic E-state index is 0.166. The smallest absolute Gasteiger partial charge is 0.271 e. The molecule has 0 saturated carbocycles. The first-order valence-corrected chi connectivity index (χ1v) is 7.72. The van der Waals surface area contributed by atoms with E-state index in [0.717, 1.165) is 4.90 Å². The zero-order valence-corrected chi connectivity index (χ0v) is 13.4. The Kier molecular flexibility index (Phi) is 5.93. The molecule has 0 spiro atoms. The lowest BCUT2D eigenvalue weighted by atomic mass is 10.1. The summed E-state index contributed by atoms with van der Waals surface area (Å²) in [7, 11) is 0. The maximum atomic E-state index is 13.4. The number of aromatic nitrogens is 2. The Bertz CT molecular complexity index is 664. The molecule has 0 radical (unpaired) electrons. The highest BCUT2D eigenvalue weighted by atomic mass is 19.3. The van der Waals surface area contributed by atoms with E-state index in [1.807, 2.05) is 0 Å². The van der Waals surface area contributed by atoms with E-state index < -0.39 is 42.8 Å². The molecule has 0 aromatic carbocycles. The molecule has 3 N–H and O–H groups in total. The zero-order valence-electron chi connectivity index (χ0n) is 13.4. The van der Waals surface area contributed by atoms with Gasteiger partial charge in [0.15, 0.2) is 0 Å². The topological polar surface area (TPSA) is 125 Å². The van der Waals surface area contributed by atoms with E-state index in [4.69, 9.17) is 11.0 Å².